The minimum absolute atomic E-state index is 0.0414. The maximum Gasteiger partial charge on any atom is 0.317 e. The van der Waals surface area contributed by atoms with Crippen molar-refractivity contribution in [3.8, 4) is 0 Å². The van der Waals surface area contributed by atoms with E-state index in [4.69, 9.17) is 4.74 Å². The topological polar surface area (TPSA) is 61.9 Å². The first-order valence-electron chi connectivity index (χ1n) is 8.06. The Morgan fingerprint density at radius 3 is 2.57 bits per heavy atom. The van der Waals surface area contributed by atoms with Crippen LogP contribution >= 0.6 is 0 Å². The maximum absolute atomic E-state index is 12.1. The fourth-order valence-electron chi connectivity index (χ4n) is 2.55. The summed E-state index contributed by atoms with van der Waals surface area (Å²) in [5.41, 5.74) is 2.02. The molecule has 1 aromatic carbocycles. The molecule has 6 heteroatoms. The number of benzene rings is 1. The van der Waals surface area contributed by atoms with Crippen LogP contribution in [0.2, 0.25) is 0 Å². The summed E-state index contributed by atoms with van der Waals surface area (Å²) in [6, 6.07) is 7.73. The van der Waals surface area contributed by atoms with Crippen molar-refractivity contribution in [2.75, 3.05) is 37.7 Å². The summed E-state index contributed by atoms with van der Waals surface area (Å²) in [6.07, 6.45) is -0.200. The molecule has 1 heterocycles. The summed E-state index contributed by atoms with van der Waals surface area (Å²) < 4.78 is 5.54. The molecule has 1 N–H and O–H groups in total. The van der Waals surface area contributed by atoms with E-state index >= 15 is 0 Å². The number of hydrogen-bond donors (Lipinski definition) is 1. The highest BCUT2D eigenvalue weighted by Gasteiger charge is 2.27. The van der Waals surface area contributed by atoms with E-state index in [-0.39, 0.29) is 24.6 Å². The summed E-state index contributed by atoms with van der Waals surface area (Å²) in [5, 5.41) is 2.87. The molecule has 1 atom stereocenters. The maximum atomic E-state index is 12.1. The van der Waals surface area contributed by atoms with Crippen molar-refractivity contribution in [2.24, 2.45) is 0 Å². The highest BCUT2D eigenvalue weighted by molar-refractivity contribution is 5.95. The van der Waals surface area contributed by atoms with Crippen LogP contribution in [0.15, 0.2) is 24.3 Å². The van der Waals surface area contributed by atoms with E-state index in [0.29, 0.717) is 26.2 Å². The molecule has 0 bridgehead atoms. The Bertz CT molecular complexity index is 541. The van der Waals surface area contributed by atoms with Gasteiger partial charge in [-0.1, -0.05) is 17.7 Å². The summed E-state index contributed by atoms with van der Waals surface area (Å²) >= 11 is 0. The summed E-state index contributed by atoms with van der Waals surface area (Å²) in [7, 11) is 0. The van der Waals surface area contributed by atoms with Gasteiger partial charge in [-0.05, 0) is 32.9 Å². The lowest BCUT2D eigenvalue weighted by molar-refractivity contribution is -0.129. The molecule has 3 amide bonds. The lowest BCUT2D eigenvalue weighted by atomic mass is 10.2. The van der Waals surface area contributed by atoms with Crippen LogP contribution in [0.5, 0.6) is 0 Å². The van der Waals surface area contributed by atoms with Crippen LogP contribution < -0.4 is 10.2 Å². The van der Waals surface area contributed by atoms with Gasteiger partial charge in [0.15, 0.2) is 0 Å². The third kappa shape index (κ3) is 4.45. The summed E-state index contributed by atoms with van der Waals surface area (Å²) in [6.45, 7) is 8.11. The van der Waals surface area contributed by atoms with Gasteiger partial charge in [0, 0.05) is 25.3 Å². The molecule has 0 aliphatic carbocycles. The summed E-state index contributed by atoms with van der Waals surface area (Å²) in [4.78, 5) is 27.5. The number of amides is 3. The Morgan fingerprint density at radius 2 is 1.96 bits per heavy atom. The largest absolute Gasteiger partial charge is 0.365 e. The SMILES string of the molecule is CCN(CC)C(=O)NCC1CN(c2ccc(C)cc2)C(=O)CO1. The monoisotopic (exact) mass is 319 g/mol. The molecule has 0 saturated carbocycles. The van der Waals surface area contributed by atoms with Crippen LogP contribution in [-0.2, 0) is 9.53 Å². The summed E-state index contributed by atoms with van der Waals surface area (Å²) in [5.74, 6) is -0.0554. The number of anilines is 1. The fourth-order valence-corrected chi connectivity index (χ4v) is 2.55. The molecule has 126 valence electrons. The molecule has 1 aromatic rings. The second kappa shape index (κ2) is 7.97. The first-order chi connectivity index (χ1) is 11.0. The number of morpholine rings is 1. The molecule has 1 aliphatic rings. The average Bonchev–Trinajstić information content (AvgIpc) is 2.56. The van der Waals surface area contributed by atoms with Crippen molar-refractivity contribution < 1.29 is 14.3 Å². The highest BCUT2D eigenvalue weighted by atomic mass is 16.5. The van der Waals surface area contributed by atoms with Gasteiger partial charge in [0.1, 0.15) is 6.61 Å². The van der Waals surface area contributed by atoms with E-state index < -0.39 is 0 Å². The first kappa shape index (κ1) is 17.3. The van der Waals surface area contributed by atoms with Crippen LogP contribution in [0.1, 0.15) is 19.4 Å². The molecule has 1 saturated heterocycles. The van der Waals surface area contributed by atoms with Crippen molar-refractivity contribution >= 4 is 17.6 Å². The number of ether oxygens (including phenoxy) is 1. The highest BCUT2D eigenvalue weighted by Crippen LogP contribution is 2.19. The fraction of sp³-hybridized carbons (Fsp3) is 0.529. The van der Waals surface area contributed by atoms with E-state index in [0.717, 1.165) is 11.3 Å². The number of carbonyl (C=O) groups excluding carboxylic acids is 2. The van der Waals surface area contributed by atoms with Gasteiger partial charge < -0.3 is 19.9 Å². The van der Waals surface area contributed by atoms with Crippen LogP contribution in [0.25, 0.3) is 0 Å². The van der Waals surface area contributed by atoms with Crippen molar-refractivity contribution in [1.82, 2.24) is 10.2 Å². The van der Waals surface area contributed by atoms with Crippen LogP contribution in [0, 0.1) is 6.92 Å². The number of nitrogens with one attached hydrogen (secondary N) is 1. The van der Waals surface area contributed by atoms with Crippen molar-refractivity contribution in [1.29, 1.82) is 0 Å². The van der Waals surface area contributed by atoms with Gasteiger partial charge in [-0.3, -0.25) is 4.79 Å². The molecule has 1 aliphatic heterocycles. The Labute approximate surface area is 137 Å². The molecule has 1 unspecified atom stereocenters. The van der Waals surface area contributed by atoms with Gasteiger partial charge in [-0.25, -0.2) is 4.79 Å². The molecule has 0 aromatic heterocycles. The van der Waals surface area contributed by atoms with E-state index in [1.165, 1.54) is 0 Å². The van der Waals surface area contributed by atoms with Gasteiger partial charge in [-0.2, -0.15) is 0 Å². The van der Waals surface area contributed by atoms with Crippen molar-refractivity contribution in [3.05, 3.63) is 29.8 Å². The molecule has 1 fully saturated rings. The molecular formula is C17H25N3O3. The second-order valence-electron chi connectivity index (χ2n) is 5.63. The Kier molecular flexibility index (Phi) is 5.98. The smallest absolute Gasteiger partial charge is 0.317 e. The van der Waals surface area contributed by atoms with Crippen LogP contribution in [0.3, 0.4) is 0 Å². The third-order valence-electron chi connectivity index (χ3n) is 4.01. The molecular weight excluding hydrogens is 294 g/mol. The van der Waals surface area contributed by atoms with Crippen LogP contribution in [-0.4, -0.2) is 55.7 Å². The minimum atomic E-state index is -0.200. The normalized spacial score (nSPS) is 18.0. The number of rotatable bonds is 5. The quantitative estimate of drug-likeness (QED) is 0.900. The zero-order valence-electron chi connectivity index (χ0n) is 14.0. The van der Waals surface area contributed by atoms with E-state index in [9.17, 15) is 9.59 Å². The average molecular weight is 319 g/mol. The van der Waals surface area contributed by atoms with Gasteiger partial charge in [0.05, 0.1) is 12.6 Å². The molecule has 2 rings (SSSR count). The van der Waals surface area contributed by atoms with Crippen molar-refractivity contribution in [3.63, 3.8) is 0 Å². The standard InChI is InChI=1S/C17H25N3O3/c1-4-19(5-2)17(22)18-10-15-11-20(16(21)12-23-15)14-8-6-13(3)7-9-14/h6-9,15H,4-5,10-12H2,1-3H3,(H,18,22). The van der Waals surface area contributed by atoms with Crippen LogP contribution in [0.4, 0.5) is 10.5 Å². The van der Waals surface area contributed by atoms with Gasteiger partial charge in [0.2, 0.25) is 0 Å². The molecule has 6 nitrogen and oxygen atoms in total. The molecule has 0 radical (unpaired) electrons. The lowest BCUT2D eigenvalue weighted by Crippen LogP contribution is -2.52. The first-order valence-corrected chi connectivity index (χ1v) is 8.06. The number of aryl methyl sites for hydroxylation is 1. The Balaban J connectivity index is 1.94. The second-order valence-corrected chi connectivity index (χ2v) is 5.63. The van der Waals surface area contributed by atoms with Gasteiger partial charge in [-0.15, -0.1) is 0 Å². The minimum Gasteiger partial charge on any atom is -0.365 e. The number of hydrogen-bond acceptors (Lipinski definition) is 3. The van der Waals surface area contributed by atoms with Gasteiger partial charge in [0.25, 0.3) is 5.91 Å². The number of nitrogens with zero attached hydrogens (tertiary/aromatic N) is 2. The third-order valence-corrected chi connectivity index (χ3v) is 4.01. The number of urea groups is 1. The van der Waals surface area contributed by atoms with Gasteiger partial charge >= 0.3 is 6.03 Å². The zero-order chi connectivity index (χ0) is 16.8. The van der Waals surface area contributed by atoms with E-state index in [1.54, 1.807) is 9.80 Å². The van der Waals surface area contributed by atoms with E-state index in [2.05, 4.69) is 5.32 Å². The predicted octanol–water partition coefficient (Wildman–Crippen LogP) is 1.78. The molecule has 23 heavy (non-hydrogen) atoms. The predicted molar refractivity (Wildman–Crippen MR) is 89.6 cm³/mol. The lowest BCUT2D eigenvalue weighted by Gasteiger charge is -2.33. The molecule has 0 spiro atoms. The van der Waals surface area contributed by atoms with E-state index in [1.807, 2.05) is 45.0 Å². The number of carbonyl (C=O) groups is 2. The van der Waals surface area contributed by atoms with Crippen molar-refractivity contribution in [2.45, 2.75) is 26.9 Å². The Morgan fingerprint density at radius 1 is 1.30 bits per heavy atom. The Hall–Kier alpha value is -2.08. The zero-order valence-corrected chi connectivity index (χ0v) is 14.0.